The van der Waals surface area contributed by atoms with Gasteiger partial charge in [0.2, 0.25) is 0 Å². The average Bonchev–Trinajstić information content (AvgIpc) is 1.91. The Bertz CT molecular complexity index is 94.4. The van der Waals surface area contributed by atoms with Gasteiger partial charge in [-0.15, -0.1) is 0 Å². The van der Waals surface area contributed by atoms with Crippen molar-refractivity contribution in [1.82, 2.24) is 0 Å². The molecule has 1 rings (SSSR count). The monoisotopic (exact) mass is 98.1 g/mol. The summed E-state index contributed by atoms with van der Waals surface area (Å²) in [5.74, 6) is 0. The number of hydrogen-bond acceptors (Lipinski definition) is 1. The smallest absolute Gasteiger partial charge is 0.0750 e. The summed E-state index contributed by atoms with van der Waals surface area (Å²) in [6, 6.07) is 0. The second kappa shape index (κ2) is 1.66. The minimum atomic E-state index is -0.125. The fourth-order valence-electron chi connectivity index (χ4n) is 0.833. The van der Waals surface area contributed by atoms with Crippen LogP contribution in [0.2, 0.25) is 0 Å². The number of aliphatic hydroxyl groups is 1. The molecule has 0 saturated carbocycles. The topological polar surface area (TPSA) is 20.2 Å². The molecule has 7 heavy (non-hydrogen) atoms. The second-order valence-corrected chi connectivity index (χ2v) is 2.04. The van der Waals surface area contributed by atoms with E-state index in [4.69, 9.17) is 5.11 Å². The fourth-order valence-corrected chi connectivity index (χ4v) is 0.833. The van der Waals surface area contributed by atoms with Crippen molar-refractivity contribution in [1.29, 1.82) is 0 Å². The Morgan fingerprint density at radius 1 is 1.86 bits per heavy atom. The summed E-state index contributed by atoms with van der Waals surface area (Å²) in [6.07, 6.45) is 3.96. The van der Waals surface area contributed by atoms with Crippen molar-refractivity contribution in [3.05, 3.63) is 11.6 Å². The van der Waals surface area contributed by atoms with E-state index in [1.807, 2.05) is 6.92 Å². The summed E-state index contributed by atoms with van der Waals surface area (Å²) < 4.78 is 0. The molecule has 0 aromatic heterocycles. The zero-order valence-corrected chi connectivity index (χ0v) is 4.52. The van der Waals surface area contributed by atoms with E-state index in [2.05, 4.69) is 6.08 Å². The average molecular weight is 98.1 g/mol. The van der Waals surface area contributed by atoms with E-state index in [-0.39, 0.29) is 6.10 Å². The molecule has 0 fully saturated rings. The third-order valence-corrected chi connectivity index (χ3v) is 1.43. The summed E-state index contributed by atoms with van der Waals surface area (Å²) in [7, 11) is 0. The highest BCUT2D eigenvalue weighted by Crippen LogP contribution is 2.16. The maximum atomic E-state index is 8.93. The molecule has 0 radical (unpaired) electrons. The van der Waals surface area contributed by atoms with Gasteiger partial charge >= 0.3 is 0 Å². The lowest BCUT2D eigenvalue weighted by atomic mass is 10.2. The van der Waals surface area contributed by atoms with Crippen LogP contribution in [0.25, 0.3) is 0 Å². The minimum Gasteiger partial charge on any atom is -0.389 e. The summed E-state index contributed by atoms with van der Waals surface area (Å²) in [6.45, 7) is 1.97. The quantitative estimate of drug-likeness (QED) is 0.449. The summed E-state index contributed by atoms with van der Waals surface area (Å²) in [5, 5.41) is 8.93. The van der Waals surface area contributed by atoms with E-state index >= 15 is 0 Å². The van der Waals surface area contributed by atoms with Crippen LogP contribution in [0, 0.1) is 0 Å². The Labute approximate surface area is 43.7 Å². The van der Waals surface area contributed by atoms with E-state index in [1.165, 1.54) is 0 Å². The van der Waals surface area contributed by atoms with Crippen molar-refractivity contribution < 1.29 is 5.11 Å². The summed E-state index contributed by atoms with van der Waals surface area (Å²) >= 11 is 0. The molecule has 0 aromatic carbocycles. The van der Waals surface area contributed by atoms with Crippen molar-refractivity contribution in [2.45, 2.75) is 25.9 Å². The zero-order valence-electron chi connectivity index (χ0n) is 4.52. The van der Waals surface area contributed by atoms with Crippen molar-refractivity contribution in [3.63, 3.8) is 0 Å². The SMILES string of the molecule is CC1=CCC[C@H]1O. The highest BCUT2D eigenvalue weighted by Gasteiger charge is 2.09. The maximum absolute atomic E-state index is 8.93. The van der Waals surface area contributed by atoms with Gasteiger partial charge in [-0.05, 0) is 25.3 Å². The zero-order chi connectivity index (χ0) is 5.28. The Kier molecular flexibility index (Phi) is 1.15. The number of rotatable bonds is 0. The molecule has 0 unspecified atom stereocenters. The van der Waals surface area contributed by atoms with Gasteiger partial charge in [0.05, 0.1) is 6.10 Å². The van der Waals surface area contributed by atoms with E-state index < -0.39 is 0 Å². The summed E-state index contributed by atoms with van der Waals surface area (Å²) in [5.41, 5.74) is 1.14. The van der Waals surface area contributed by atoms with Gasteiger partial charge in [-0.3, -0.25) is 0 Å². The van der Waals surface area contributed by atoms with Crippen molar-refractivity contribution >= 4 is 0 Å². The van der Waals surface area contributed by atoms with E-state index in [9.17, 15) is 0 Å². The largest absolute Gasteiger partial charge is 0.389 e. The van der Waals surface area contributed by atoms with E-state index in [0.717, 1.165) is 18.4 Å². The van der Waals surface area contributed by atoms with Gasteiger partial charge in [0.1, 0.15) is 0 Å². The van der Waals surface area contributed by atoms with Crippen LogP contribution >= 0.6 is 0 Å². The van der Waals surface area contributed by atoms with Gasteiger partial charge in [-0.25, -0.2) is 0 Å². The fraction of sp³-hybridized carbons (Fsp3) is 0.667. The maximum Gasteiger partial charge on any atom is 0.0750 e. The highest BCUT2D eigenvalue weighted by atomic mass is 16.3. The van der Waals surface area contributed by atoms with Crippen LogP contribution in [0.4, 0.5) is 0 Å². The van der Waals surface area contributed by atoms with Crippen molar-refractivity contribution in [2.75, 3.05) is 0 Å². The molecule has 1 aliphatic rings. The molecule has 1 aliphatic carbocycles. The molecular weight excluding hydrogens is 88.1 g/mol. The first-order valence-electron chi connectivity index (χ1n) is 2.65. The first-order chi connectivity index (χ1) is 3.30. The molecule has 0 saturated heterocycles. The molecule has 0 amide bonds. The highest BCUT2D eigenvalue weighted by molar-refractivity contribution is 5.09. The number of aliphatic hydroxyl groups excluding tert-OH is 1. The van der Waals surface area contributed by atoms with Crippen LogP contribution < -0.4 is 0 Å². The molecule has 1 heteroatoms. The molecule has 0 aliphatic heterocycles. The lowest BCUT2D eigenvalue weighted by molar-refractivity contribution is 0.212. The second-order valence-electron chi connectivity index (χ2n) is 2.04. The van der Waals surface area contributed by atoms with Crippen molar-refractivity contribution in [2.24, 2.45) is 0 Å². The van der Waals surface area contributed by atoms with Crippen LogP contribution in [0.15, 0.2) is 11.6 Å². The standard InChI is InChI=1S/C6H10O/c1-5-3-2-4-6(5)7/h3,6-7H,2,4H2,1H3/t6-/m1/s1. The van der Waals surface area contributed by atoms with Crippen LogP contribution in [0.5, 0.6) is 0 Å². The van der Waals surface area contributed by atoms with Gasteiger partial charge in [-0.1, -0.05) is 6.08 Å². The van der Waals surface area contributed by atoms with Gasteiger partial charge < -0.3 is 5.11 Å². The number of allylic oxidation sites excluding steroid dienone is 1. The molecule has 40 valence electrons. The minimum absolute atomic E-state index is 0.125. The normalized spacial score (nSPS) is 30.6. The van der Waals surface area contributed by atoms with E-state index in [0.29, 0.717) is 0 Å². The van der Waals surface area contributed by atoms with Gasteiger partial charge in [0, 0.05) is 0 Å². The third kappa shape index (κ3) is 0.829. The predicted octanol–water partition coefficient (Wildman–Crippen LogP) is 1.09. The third-order valence-electron chi connectivity index (χ3n) is 1.43. The van der Waals surface area contributed by atoms with Crippen LogP contribution in [-0.4, -0.2) is 11.2 Å². The molecule has 1 nitrogen and oxygen atoms in total. The Morgan fingerprint density at radius 2 is 2.57 bits per heavy atom. The van der Waals surface area contributed by atoms with Crippen LogP contribution in [0.1, 0.15) is 19.8 Å². The van der Waals surface area contributed by atoms with Gasteiger partial charge in [-0.2, -0.15) is 0 Å². The molecule has 0 heterocycles. The Hall–Kier alpha value is -0.300. The number of hydrogen-bond donors (Lipinski definition) is 1. The van der Waals surface area contributed by atoms with Crippen LogP contribution in [-0.2, 0) is 0 Å². The van der Waals surface area contributed by atoms with Crippen molar-refractivity contribution in [3.8, 4) is 0 Å². The van der Waals surface area contributed by atoms with Gasteiger partial charge in [0.15, 0.2) is 0 Å². The van der Waals surface area contributed by atoms with E-state index in [1.54, 1.807) is 0 Å². The lowest BCUT2D eigenvalue weighted by Crippen LogP contribution is -2.00. The van der Waals surface area contributed by atoms with Crippen LogP contribution in [0.3, 0.4) is 0 Å². The molecular formula is C6H10O. The molecule has 0 spiro atoms. The Balaban J connectivity index is 2.54. The molecule has 0 bridgehead atoms. The Morgan fingerprint density at radius 3 is 2.71 bits per heavy atom. The van der Waals surface area contributed by atoms with Gasteiger partial charge in [0.25, 0.3) is 0 Å². The molecule has 0 aromatic rings. The predicted molar refractivity (Wildman–Crippen MR) is 29.0 cm³/mol. The lowest BCUT2D eigenvalue weighted by Gasteiger charge is -1.98. The first kappa shape index (κ1) is 4.85. The summed E-state index contributed by atoms with van der Waals surface area (Å²) in [4.78, 5) is 0. The first-order valence-corrected chi connectivity index (χ1v) is 2.65. The molecule has 1 N–H and O–H groups in total. The molecule has 1 atom stereocenters.